The van der Waals surface area contributed by atoms with Gasteiger partial charge >= 0.3 is 0 Å². The molecule has 0 atom stereocenters. The summed E-state index contributed by atoms with van der Waals surface area (Å²) in [5.74, 6) is 0.0646. The van der Waals surface area contributed by atoms with E-state index in [0.29, 0.717) is 12.0 Å². The average molecular weight is 285 g/mol. The van der Waals surface area contributed by atoms with Gasteiger partial charge in [-0.2, -0.15) is 0 Å². The SMILES string of the molecule is CC(=O)c1ccc(CCC(C)(C)O)c(Br)c1. The van der Waals surface area contributed by atoms with E-state index in [2.05, 4.69) is 15.9 Å². The second-order valence-corrected chi connectivity index (χ2v) is 5.53. The third-order valence-corrected chi connectivity index (χ3v) is 3.20. The normalized spacial score (nSPS) is 11.6. The summed E-state index contributed by atoms with van der Waals surface area (Å²) in [5, 5.41) is 9.64. The fraction of sp³-hybridized carbons (Fsp3) is 0.462. The van der Waals surface area contributed by atoms with Gasteiger partial charge in [0.2, 0.25) is 0 Å². The minimum absolute atomic E-state index is 0.0646. The first kappa shape index (κ1) is 13.4. The highest BCUT2D eigenvalue weighted by atomic mass is 79.9. The van der Waals surface area contributed by atoms with Crippen molar-refractivity contribution in [3.8, 4) is 0 Å². The first-order valence-corrected chi connectivity index (χ1v) is 6.10. The largest absolute Gasteiger partial charge is 0.390 e. The summed E-state index contributed by atoms with van der Waals surface area (Å²) in [6.45, 7) is 5.15. The molecule has 0 fully saturated rings. The molecule has 2 nitrogen and oxygen atoms in total. The molecule has 0 saturated carbocycles. The number of hydrogen-bond acceptors (Lipinski definition) is 2. The fourth-order valence-electron chi connectivity index (χ4n) is 1.41. The molecule has 0 saturated heterocycles. The van der Waals surface area contributed by atoms with Crippen LogP contribution in [0.4, 0.5) is 0 Å². The maximum Gasteiger partial charge on any atom is 0.159 e. The lowest BCUT2D eigenvalue weighted by Gasteiger charge is -2.17. The molecule has 0 spiro atoms. The van der Waals surface area contributed by atoms with Gasteiger partial charge in [0.1, 0.15) is 0 Å². The van der Waals surface area contributed by atoms with Gasteiger partial charge in [0.25, 0.3) is 0 Å². The van der Waals surface area contributed by atoms with Crippen LogP contribution in [0.3, 0.4) is 0 Å². The summed E-state index contributed by atoms with van der Waals surface area (Å²) in [5.41, 5.74) is 1.17. The standard InChI is InChI=1S/C13H17BrO2/c1-9(15)11-5-4-10(12(14)8-11)6-7-13(2,3)16/h4-5,8,16H,6-7H2,1-3H3. The lowest BCUT2D eigenvalue weighted by atomic mass is 9.98. The van der Waals surface area contributed by atoms with Gasteiger partial charge in [0, 0.05) is 10.0 Å². The number of aryl methyl sites for hydroxylation is 1. The number of aliphatic hydroxyl groups is 1. The Bertz CT molecular complexity index is 391. The van der Waals surface area contributed by atoms with Crippen molar-refractivity contribution in [3.05, 3.63) is 33.8 Å². The van der Waals surface area contributed by atoms with E-state index in [1.165, 1.54) is 0 Å². The molecule has 16 heavy (non-hydrogen) atoms. The van der Waals surface area contributed by atoms with Crippen LogP contribution in [-0.2, 0) is 6.42 Å². The number of halogens is 1. The van der Waals surface area contributed by atoms with Crippen molar-refractivity contribution < 1.29 is 9.90 Å². The minimum Gasteiger partial charge on any atom is -0.390 e. The second-order valence-electron chi connectivity index (χ2n) is 4.67. The molecule has 0 aliphatic rings. The molecule has 0 radical (unpaired) electrons. The quantitative estimate of drug-likeness (QED) is 0.861. The Labute approximate surface area is 105 Å². The van der Waals surface area contributed by atoms with Crippen LogP contribution in [0.1, 0.15) is 43.1 Å². The highest BCUT2D eigenvalue weighted by molar-refractivity contribution is 9.10. The number of carbonyl (C=O) groups is 1. The summed E-state index contributed by atoms with van der Waals surface area (Å²) in [6, 6.07) is 5.60. The zero-order valence-electron chi connectivity index (χ0n) is 9.88. The van der Waals surface area contributed by atoms with Gasteiger partial charge in [-0.3, -0.25) is 4.79 Å². The third kappa shape index (κ3) is 4.06. The van der Waals surface area contributed by atoms with E-state index < -0.39 is 5.60 Å². The predicted molar refractivity (Wildman–Crippen MR) is 68.8 cm³/mol. The minimum atomic E-state index is -0.654. The van der Waals surface area contributed by atoms with E-state index in [1.807, 2.05) is 18.2 Å². The van der Waals surface area contributed by atoms with Crippen molar-refractivity contribution in [1.82, 2.24) is 0 Å². The topological polar surface area (TPSA) is 37.3 Å². The fourth-order valence-corrected chi connectivity index (χ4v) is 1.99. The van der Waals surface area contributed by atoms with Crippen molar-refractivity contribution in [2.45, 2.75) is 39.2 Å². The highest BCUT2D eigenvalue weighted by Crippen LogP contribution is 2.22. The smallest absolute Gasteiger partial charge is 0.159 e. The van der Waals surface area contributed by atoms with Crippen LogP contribution in [0.2, 0.25) is 0 Å². The molecule has 1 N–H and O–H groups in total. The van der Waals surface area contributed by atoms with Gasteiger partial charge in [-0.25, -0.2) is 0 Å². The highest BCUT2D eigenvalue weighted by Gasteiger charge is 2.13. The number of rotatable bonds is 4. The van der Waals surface area contributed by atoms with E-state index in [0.717, 1.165) is 16.5 Å². The molecule has 1 aromatic rings. The molecule has 1 aromatic carbocycles. The zero-order valence-corrected chi connectivity index (χ0v) is 11.5. The van der Waals surface area contributed by atoms with Crippen molar-refractivity contribution in [2.24, 2.45) is 0 Å². The Morgan fingerprint density at radius 1 is 1.44 bits per heavy atom. The summed E-state index contributed by atoms with van der Waals surface area (Å²) in [7, 11) is 0. The van der Waals surface area contributed by atoms with Crippen molar-refractivity contribution in [1.29, 1.82) is 0 Å². The molecule has 0 aromatic heterocycles. The van der Waals surface area contributed by atoms with Gasteiger partial charge in [-0.15, -0.1) is 0 Å². The molecule has 0 unspecified atom stereocenters. The van der Waals surface area contributed by atoms with Crippen LogP contribution < -0.4 is 0 Å². The van der Waals surface area contributed by atoms with Gasteiger partial charge in [-0.1, -0.05) is 28.1 Å². The average Bonchev–Trinajstić information content (AvgIpc) is 2.14. The summed E-state index contributed by atoms with van der Waals surface area (Å²) >= 11 is 3.45. The van der Waals surface area contributed by atoms with Crippen LogP contribution in [0.5, 0.6) is 0 Å². The maximum atomic E-state index is 11.2. The van der Waals surface area contributed by atoms with Crippen molar-refractivity contribution in [3.63, 3.8) is 0 Å². The Balaban J connectivity index is 2.80. The zero-order chi connectivity index (χ0) is 12.3. The van der Waals surface area contributed by atoms with Gasteiger partial charge in [0.05, 0.1) is 5.60 Å². The summed E-state index contributed by atoms with van der Waals surface area (Å²) < 4.78 is 0.935. The number of ketones is 1. The molecule has 0 heterocycles. The van der Waals surface area contributed by atoms with E-state index in [4.69, 9.17) is 0 Å². The Kier molecular flexibility index (Phi) is 4.28. The van der Waals surface area contributed by atoms with Gasteiger partial charge in [0.15, 0.2) is 5.78 Å². The van der Waals surface area contributed by atoms with Gasteiger partial charge in [-0.05, 0) is 45.2 Å². The first-order chi connectivity index (χ1) is 7.29. The first-order valence-electron chi connectivity index (χ1n) is 5.31. The lowest BCUT2D eigenvalue weighted by Crippen LogP contribution is -2.19. The monoisotopic (exact) mass is 284 g/mol. The number of benzene rings is 1. The Morgan fingerprint density at radius 3 is 2.50 bits per heavy atom. The molecule has 0 amide bonds. The van der Waals surface area contributed by atoms with Crippen LogP contribution in [0, 0.1) is 0 Å². The Hall–Kier alpha value is -0.670. The molecule has 3 heteroatoms. The third-order valence-electron chi connectivity index (χ3n) is 2.47. The number of hydrogen-bond donors (Lipinski definition) is 1. The molecular formula is C13H17BrO2. The predicted octanol–water partition coefficient (Wildman–Crippen LogP) is 3.36. The maximum absolute atomic E-state index is 11.2. The number of carbonyl (C=O) groups excluding carboxylic acids is 1. The van der Waals surface area contributed by atoms with Crippen molar-refractivity contribution in [2.75, 3.05) is 0 Å². The summed E-state index contributed by atoms with van der Waals surface area (Å²) in [4.78, 5) is 11.2. The van der Waals surface area contributed by atoms with Crippen LogP contribution in [0.25, 0.3) is 0 Å². The molecule has 88 valence electrons. The lowest BCUT2D eigenvalue weighted by molar-refractivity contribution is 0.0713. The molecule has 1 rings (SSSR count). The second kappa shape index (κ2) is 5.11. The molecule has 0 aliphatic carbocycles. The van der Waals surface area contributed by atoms with Crippen LogP contribution in [-0.4, -0.2) is 16.5 Å². The van der Waals surface area contributed by atoms with Crippen molar-refractivity contribution >= 4 is 21.7 Å². The molecule has 0 bridgehead atoms. The van der Waals surface area contributed by atoms with Crippen LogP contribution >= 0.6 is 15.9 Å². The molecule has 0 aliphatic heterocycles. The van der Waals surface area contributed by atoms with E-state index in [9.17, 15) is 9.90 Å². The Morgan fingerprint density at radius 2 is 2.06 bits per heavy atom. The van der Waals surface area contributed by atoms with Gasteiger partial charge < -0.3 is 5.11 Å². The number of Topliss-reactive ketones (excluding diaryl/α,β-unsaturated/α-hetero) is 1. The summed E-state index contributed by atoms with van der Waals surface area (Å²) in [6.07, 6.45) is 1.49. The van der Waals surface area contributed by atoms with E-state index >= 15 is 0 Å². The van der Waals surface area contributed by atoms with E-state index in [1.54, 1.807) is 20.8 Å². The van der Waals surface area contributed by atoms with E-state index in [-0.39, 0.29) is 5.78 Å². The molecular weight excluding hydrogens is 268 g/mol. The van der Waals surface area contributed by atoms with Crippen LogP contribution in [0.15, 0.2) is 22.7 Å².